The smallest absolute Gasteiger partial charge is 0.328 e. The first kappa shape index (κ1) is 11.9. The number of ether oxygens (including phenoxy) is 1. The first-order valence-corrected chi connectivity index (χ1v) is 4.65. The molecule has 1 N–H and O–H groups in total. The fourth-order valence-corrected chi connectivity index (χ4v) is 1.18. The highest BCUT2D eigenvalue weighted by atomic mass is 16.6. The van der Waals surface area contributed by atoms with E-state index in [2.05, 4.69) is 5.32 Å². The number of nitro groups is 1. The van der Waals surface area contributed by atoms with Crippen LogP contribution in [-0.2, 0) is 0 Å². The van der Waals surface area contributed by atoms with E-state index < -0.39 is 4.92 Å². The molecule has 6 nitrogen and oxygen atoms in total. The molecule has 0 saturated heterocycles. The fraction of sp³-hybridized carbons (Fsp3) is 0.300. The number of hydrogen-bond acceptors (Lipinski definition) is 5. The lowest BCUT2D eigenvalue weighted by Gasteiger charge is -2.06. The van der Waals surface area contributed by atoms with Crippen LogP contribution in [-0.4, -0.2) is 25.1 Å². The number of para-hydroxylation sites is 1. The highest BCUT2D eigenvalue weighted by molar-refractivity contribution is 5.57. The van der Waals surface area contributed by atoms with Crippen LogP contribution in [0, 0.1) is 21.4 Å². The van der Waals surface area contributed by atoms with Gasteiger partial charge in [0.1, 0.15) is 18.2 Å². The fourth-order valence-electron chi connectivity index (χ4n) is 1.18. The second kappa shape index (κ2) is 5.68. The van der Waals surface area contributed by atoms with Crippen molar-refractivity contribution in [2.24, 2.45) is 0 Å². The quantitative estimate of drug-likeness (QED) is 0.456. The van der Waals surface area contributed by atoms with Gasteiger partial charge in [-0.05, 0) is 19.2 Å². The number of hydrogen-bond donors (Lipinski definition) is 1. The Bertz CT molecular complexity index is 426. The molecule has 0 atom stereocenters. The Labute approximate surface area is 92.6 Å². The van der Waals surface area contributed by atoms with E-state index in [4.69, 9.17) is 10.00 Å². The van der Waals surface area contributed by atoms with Crippen LogP contribution in [0.15, 0.2) is 18.2 Å². The third-order valence-corrected chi connectivity index (χ3v) is 1.91. The van der Waals surface area contributed by atoms with Gasteiger partial charge >= 0.3 is 5.69 Å². The maximum atomic E-state index is 10.8. The van der Waals surface area contributed by atoms with E-state index in [0.717, 1.165) is 0 Å². The van der Waals surface area contributed by atoms with E-state index in [0.29, 0.717) is 13.2 Å². The van der Waals surface area contributed by atoms with E-state index in [1.807, 2.05) is 0 Å². The van der Waals surface area contributed by atoms with Gasteiger partial charge in [0.15, 0.2) is 5.75 Å². The maximum absolute atomic E-state index is 10.8. The van der Waals surface area contributed by atoms with Gasteiger partial charge in [-0.25, -0.2) is 0 Å². The second-order valence-corrected chi connectivity index (χ2v) is 2.97. The van der Waals surface area contributed by atoms with Gasteiger partial charge in [0.05, 0.1) is 4.92 Å². The van der Waals surface area contributed by atoms with Crippen LogP contribution in [0.4, 0.5) is 5.69 Å². The molecule has 0 unspecified atom stereocenters. The molecule has 0 aromatic heterocycles. The van der Waals surface area contributed by atoms with E-state index in [1.54, 1.807) is 19.2 Å². The molecule has 0 bridgehead atoms. The van der Waals surface area contributed by atoms with Gasteiger partial charge in [-0.1, -0.05) is 6.07 Å². The predicted molar refractivity (Wildman–Crippen MR) is 57.2 cm³/mol. The zero-order valence-electron chi connectivity index (χ0n) is 8.77. The van der Waals surface area contributed by atoms with Gasteiger partial charge in [-0.3, -0.25) is 10.1 Å². The van der Waals surface area contributed by atoms with Crippen LogP contribution in [0.5, 0.6) is 5.75 Å². The van der Waals surface area contributed by atoms with E-state index in [1.165, 1.54) is 12.1 Å². The summed E-state index contributed by atoms with van der Waals surface area (Å²) in [5, 5.41) is 22.4. The second-order valence-electron chi connectivity index (χ2n) is 2.97. The molecule has 16 heavy (non-hydrogen) atoms. The van der Waals surface area contributed by atoms with Crippen LogP contribution >= 0.6 is 0 Å². The Morgan fingerprint density at radius 2 is 2.38 bits per heavy atom. The summed E-state index contributed by atoms with van der Waals surface area (Å²) < 4.78 is 5.23. The van der Waals surface area contributed by atoms with Gasteiger partial charge in [-0.2, -0.15) is 5.26 Å². The van der Waals surface area contributed by atoms with E-state index in [-0.39, 0.29) is 17.0 Å². The molecule has 0 fully saturated rings. The van der Waals surface area contributed by atoms with Gasteiger partial charge < -0.3 is 10.1 Å². The molecule has 0 aliphatic carbocycles. The van der Waals surface area contributed by atoms with Gasteiger partial charge in [-0.15, -0.1) is 0 Å². The van der Waals surface area contributed by atoms with Gasteiger partial charge in [0.2, 0.25) is 0 Å². The number of nitrogens with zero attached hydrogens (tertiary/aromatic N) is 2. The molecule has 0 aliphatic heterocycles. The monoisotopic (exact) mass is 221 g/mol. The molecule has 0 heterocycles. The highest BCUT2D eigenvalue weighted by Crippen LogP contribution is 2.29. The minimum absolute atomic E-state index is 0.00644. The molecule has 0 amide bonds. The Morgan fingerprint density at radius 1 is 1.62 bits per heavy atom. The molecule has 84 valence electrons. The van der Waals surface area contributed by atoms with Crippen molar-refractivity contribution < 1.29 is 9.66 Å². The average molecular weight is 221 g/mol. The zero-order chi connectivity index (χ0) is 12.0. The lowest BCUT2D eigenvalue weighted by atomic mass is 10.2. The van der Waals surface area contributed by atoms with Gasteiger partial charge in [0, 0.05) is 6.54 Å². The lowest BCUT2D eigenvalue weighted by molar-refractivity contribution is -0.386. The summed E-state index contributed by atoms with van der Waals surface area (Å²) in [4.78, 5) is 10.2. The van der Waals surface area contributed by atoms with Crippen LogP contribution in [0.3, 0.4) is 0 Å². The summed E-state index contributed by atoms with van der Waals surface area (Å²) in [5.74, 6) is 0.124. The standard InChI is InChI=1S/C10H11N3O3/c1-12-5-6-16-9-4-2-3-8(7-11)10(9)13(14)15/h2-4,12H,5-6H2,1H3. The molecule has 0 radical (unpaired) electrons. The molecular weight excluding hydrogens is 210 g/mol. The van der Waals surface area contributed by atoms with Crippen LogP contribution < -0.4 is 10.1 Å². The molecule has 1 aromatic carbocycles. The summed E-state index contributed by atoms with van der Waals surface area (Å²) >= 11 is 0. The third-order valence-electron chi connectivity index (χ3n) is 1.91. The van der Waals surface area contributed by atoms with Gasteiger partial charge in [0.25, 0.3) is 0 Å². The van der Waals surface area contributed by atoms with Crippen LogP contribution in [0.2, 0.25) is 0 Å². The number of likely N-dealkylation sites (N-methyl/N-ethyl adjacent to an activating group) is 1. The summed E-state index contributed by atoms with van der Waals surface area (Å²) in [7, 11) is 1.75. The normalized spacial score (nSPS) is 9.50. The summed E-state index contributed by atoms with van der Waals surface area (Å²) in [6.45, 7) is 0.889. The number of nitro benzene ring substituents is 1. The summed E-state index contributed by atoms with van der Waals surface area (Å²) in [6.07, 6.45) is 0. The summed E-state index contributed by atoms with van der Waals surface area (Å²) in [6, 6.07) is 6.20. The van der Waals surface area contributed by atoms with Crippen LogP contribution in [0.1, 0.15) is 5.56 Å². The molecule has 0 aliphatic rings. The van der Waals surface area contributed by atoms with E-state index in [9.17, 15) is 10.1 Å². The number of nitrogens with one attached hydrogen (secondary N) is 1. The topological polar surface area (TPSA) is 88.2 Å². The first-order valence-electron chi connectivity index (χ1n) is 4.65. The zero-order valence-corrected chi connectivity index (χ0v) is 8.77. The third kappa shape index (κ3) is 2.68. The SMILES string of the molecule is CNCCOc1cccc(C#N)c1[N+](=O)[O-]. The van der Waals surface area contributed by atoms with Crippen molar-refractivity contribution in [2.45, 2.75) is 0 Å². The van der Waals surface area contributed by atoms with Crippen molar-refractivity contribution in [1.82, 2.24) is 5.32 Å². The Kier molecular flexibility index (Phi) is 4.24. The molecule has 0 saturated carbocycles. The minimum atomic E-state index is -0.604. The Hall–Kier alpha value is -2.13. The van der Waals surface area contributed by atoms with Crippen molar-refractivity contribution in [2.75, 3.05) is 20.2 Å². The summed E-state index contributed by atoms with van der Waals surface area (Å²) in [5.41, 5.74) is -0.270. The molecule has 0 spiro atoms. The Morgan fingerprint density at radius 3 is 2.94 bits per heavy atom. The maximum Gasteiger partial charge on any atom is 0.328 e. The number of nitriles is 1. The largest absolute Gasteiger partial charge is 0.485 e. The lowest BCUT2D eigenvalue weighted by Crippen LogP contribution is -2.16. The number of benzene rings is 1. The molecule has 1 aromatic rings. The van der Waals surface area contributed by atoms with Crippen molar-refractivity contribution in [1.29, 1.82) is 5.26 Å². The van der Waals surface area contributed by atoms with Crippen molar-refractivity contribution in [3.8, 4) is 11.8 Å². The average Bonchev–Trinajstić information content (AvgIpc) is 2.28. The Balaban J connectivity index is 2.99. The molecule has 6 heteroatoms. The first-order chi connectivity index (χ1) is 7.70. The highest BCUT2D eigenvalue weighted by Gasteiger charge is 2.20. The molecule has 1 rings (SSSR count). The van der Waals surface area contributed by atoms with Crippen molar-refractivity contribution >= 4 is 5.69 Å². The predicted octanol–water partition coefficient (Wildman–Crippen LogP) is 1.06. The molecular formula is C10H11N3O3. The minimum Gasteiger partial charge on any atom is -0.485 e. The van der Waals surface area contributed by atoms with Crippen molar-refractivity contribution in [3.05, 3.63) is 33.9 Å². The van der Waals surface area contributed by atoms with Crippen LogP contribution in [0.25, 0.3) is 0 Å². The van der Waals surface area contributed by atoms with Crippen molar-refractivity contribution in [3.63, 3.8) is 0 Å². The number of rotatable bonds is 5. The van der Waals surface area contributed by atoms with E-state index >= 15 is 0 Å².